The van der Waals surface area contributed by atoms with Crippen LogP contribution < -0.4 is 5.32 Å². The number of aromatic amines is 1. The predicted octanol–water partition coefficient (Wildman–Crippen LogP) is 1.75. The fourth-order valence-corrected chi connectivity index (χ4v) is 2.45. The second kappa shape index (κ2) is 4.63. The predicted molar refractivity (Wildman–Crippen MR) is 71.6 cm³/mol. The van der Waals surface area contributed by atoms with Gasteiger partial charge in [-0.05, 0) is 24.3 Å². The van der Waals surface area contributed by atoms with E-state index in [-0.39, 0.29) is 5.91 Å². The lowest BCUT2D eigenvalue weighted by Gasteiger charge is -2.26. The number of aromatic nitrogens is 1. The largest absolute Gasteiger partial charge is 0.357 e. The van der Waals surface area contributed by atoms with Gasteiger partial charge < -0.3 is 15.2 Å². The number of hydrogen-bond donors (Lipinski definition) is 2. The van der Waals surface area contributed by atoms with Gasteiger partial charge in [-0.25, -0.2) is 0 Å². The van der Waals surface area contributed by atoms with Crippen LogP contribution in [0.1, 0.15) is 5.69 Å². The summed E-state index contributed by atoms with van der Waals surface area (Å²) >= 11 is 5.96. The average molecular weight is 264 g/mol. The number of piperazine rings is 1. The molecule has 0 radical (unpaired) electrons. The standard InChI is InChI=1S/C13H14ClN3O/c14-10-1-2-12-9(5-10)6-11(16-12)8-17-4-3-15-7-13(17)18/h1-2,5-6,15-16H,3-4,7-8H2. The second-order valence-corrected chi connectivity index (χ2v) is 4.95. The molecule has 0 saturated carbocycles. The fraction of sp³-hybridized carbons (Fsp3) is 0.308. The Hall–Kier alpha value is -1.52. The summed E-state index contributed by atoms with van der Waals surface area (Å²) in [5.74, 6) is 0.151. The molecule has 0 spiro atoms. The topological polar surface area (TPSA) is 48.1 Å². The molecule has 1 aromatic carbocycles. The number of benzene rings is 1. The van der Waals surface area contributed by atoms with Crippen molar-refractivity contribution in [2.45, 2.75) is 6.54 Å². The summed E-state index contributed by atoms with van der Waals surface area (Å²) in [4.78, 5) is 16.9. The first-order valence-electron chi connectivity index (χ1n) is 5.98. The van der Waals surface area contributed by atoms with Crippen LogP contribution in [-0.2, 0) is 11.3 Å². The summed E-state index contributed by atoms with van der Waals surface area (Å²) in [6.45, 7) is 2.69. The monoisotopic (exact) mass is 263 g/mol. The highest BCUT2D eigenvalue weighted by atomic mass is 35.5. The Bertz CT molecular complexity index is 593. The summed E-state index contributed by atoms with van der Waals surface area (Å²) in [5, 5.41) is 4.88. The van der Waals surface area contributed by atoms with Crippen LogP contribution in [-0.4, -0.2) is 35.4 Å². The third-order valence-electron chi connectivity index (χ3n) is 3.19. The quantitative estimate of drug-likeness (QED) is 0.867. The Morgan fingerprint density at radius 3 is 3.06 bits per heavy atom. The van der Waals surface area contributed by atoms with Crippen LogP contribution in [0.4, 0.5) is 0 Å². The van der Waals surface area contributed by atoms with Crippen LogP contribution >= 0.6 is 11.6 Å². The van der Waals surface area contributed by atoms with Crippen molar-refractivity contribution in [1.82, 2.24) is 15.2 Å². The number of rotatable bonds is 2. The molecule has 94 valence electrons. The molecule has 1 aliphatic rings. The zero-order chi connectivity index (χ0) is 12.5. The molecule has 1 aliphatic heterocycles. The molecule has 5 heteroatoms. The summed E-state index contributed by atoms with van der Waals surface area (Å²) in [6.07, 6.45) is 0. The minimum absolute atomic E-state index is 0.151. The minimum Gasteiger partial charge on any atom is -0.357 e. The molecular formula is C13H14ClN3O. The van der Waals surface area contributed by atoms with Crippen molar-refractivity contribution in [3.05, 3.63) is 35.0 Å². The Balaban J connectivity index is 1.84. The number of H-pyrrole nitrogens is 1. The number of carbonyl (C=O) groups is 1. The van der Waals surface area contributed by atoms with E-state index in [0.29, 0.717) is 13.1 Å². The van der Waals surface area contributed by atoms with Gasteiger partial charge in [0.15, 0.2) is 0 Å². The number of hydrogen-bond acceptors (Lipinski definition) is 2. The Morgan fingerprint density at radius 1 is 1.33 bits per heavy atom. The first-order valence-corrected chi connectivity index (χ1v) is 6.36. The molecule has 0 bridgehead atoms. The Morgan fingerprint density at radius 2 is 2.22 bits per heavy atom. The average Bonchev–Trinajstić information content (AvgIpc) is 2.73. The lowest BCUT2D eigenvalue weighted by Crippen LogP contribution is -2.47. The molecule has 2 N–H and O–H groups in total. The van der Waals surface area contributed by atoms with Gasteiger partial charge in [-0.2, -0.15) is 0 Å². The highest BCUT2D eigenvalue weighted by Crippen LogP contribution is 2.20. The normalized spacial score (nSPS) is 16.5. The van der Waals surface area contributed by atoms with Gasteiger partial charge in [0.2, 0.25) is 5.91 Å². The third kappa shape index (κ3) is 2.21. The van der Waals surface area contributed by atoms with Gasteiger partial charge >= 0.3 is 0 Å². The van der Waals surface area contributed by atoms with E-state index in [1.807, 2.05) is 23.1 Å². The first kappa shape index (κ1) is 11.6. The smallest absolute Gasteiger partial charge is 0.236 e. The number of nitrogens with zero attached hydrogens (tertiary/aromatic N) is 1. The lowest BCUT2D eigenvalue weighted by molar-refractivity contribution is -0.132. The maximum absolute atomic E-state index is 11.7. The van der Waals surface area contributed by atoms with Gasteiger partial charge in [0, 0.05) is 34.7 Å². The van der Waals surface area contributed by atoms with E-state index in [1.54, 1.807) is 0 Å². The van der Waals surface area contributed by atoms with Gasteiger partial charge in [-0.3, -0.25) is 4.79 Å². The van der Waals surface area contributed by atoms with E-state index in [9.17, 15) is 4.79 Å². The summed E-state index contributed by atoms with van der Waals surface area (Å²) in [7, 11) is 0. The Labute approximate surface area is 110 Å². The molecule has 1 fully saturated rings. The van der Waals surface area contributed by atoms with Crippen LogP contribution in [0.5, 0.6) is 0 Å². The first-order chi connectivity index (χ1) is 8.72. The van der Waals surface area contributed by atoms with E-state index < -0.39 is 0 Å². The van der Waals surface area contributed by atoms with E-state index in [1.165, 1.54) is 0 Å². The molecule has 2 heterocycles. The fourth-order valence-electron chi connectivity index (χ4n) is 2.27. The van der Waals surface area contributed by atoms with Crippen molar-refractivity contribution < 1.29 is 4.79 Å². The molecule has 2 aromatic rings. The summed E-state index contributed by atoms with van der Waals surface area (Å²) in [5.41, 5.74) is 2.10. The number of nitrogens with one attached hydrogen (secondary N) is 2. The van der Waals surface area contributed by atoms with Gasteiger partial charge in [0.25, 0.3) is 0 Å². The van der Waals surface area contributed by atoms with Crippen LogP contribution in [0.2, 0.25) is 5.02 Å². The SMILES string of the molecule is O=C1CNCCN1Cc1cc2cc(Cl)ccc2[nH]1. The van der Waals surface area contributed by atoms with Crippen LogP contribution in [0.15, 0.2) is 24.3 Å². The molecule has 18 heavy (non-hydrogen) atoms. The van der Waals surface area contributed by atoms with Crippen molar-refractivity contribution in [3.8, 4) is 0 Å². The highest BCUT2D eigenvalue weighted by molar-refractivity contribution is 6.31. The molecule has 1 aromatic heterocycles. The molecule has 4 nitrogen and oxygen atoms in total. The summed E-state index contributed by atoms with van der Waals surface area (Å²) in [6, 6.07) is 7.80. The number of amides is 1. The highest BCUT2D eigenvalue weighted by Gasteiger charge is 2.18. The van der Waals surface area contributed by atoms with E-state index >= 15 is 0 Å². The molecule has 0 unspecified atom stereocenters. The maximum Gasteiger partial charge on any atom is 0.236 e. The van der Waals surface area contributed by atoms with Crippen LogP contribution in [0.25, 0.3) is 10.9 Å². The van der Waals surface area contributed by atoms with Crippen molar-refractivity contribution in [1.29, 1.82) is 0 Å². The zero-order valence-electron chi connectivity index (χ0n) is 9.87. The minimum atomic E-state index is 0.151. The zero-order valence-corrected chi connectivity index (χ0v) is 10.6. The molecule has 0 aliphatic carbocycles. The summed E-state index contributed by atoms with van der Waals surface area (Å²) < 4.78 is 0. The lowest BCUT2D eigenvalue weighted by atomic mass is 10.2. The van der Waals surface area contributed by atoms with Crippen molar-refractivity contribution >= 4 is 28.4 Å². The van der Waals surface area contributed by atoms with E-state index in [2.05, 4.69) is 16.4 Å². The maximum atomic E-state index is 11.7. The molecular weight excluding hydrogens is 250 g/mol. The number of carbonyl (C=O) groups excluding carboxylic acids is 1. The van der Waals surface area contributed by atoms with Gasteiger partial charge in [0.1, 0.15) is 0 Å². The second-order valence-electron chi connectivity index (χ2n) is 4.52. The number of halogens is 1. The van der Waals surface area contributed by atoms with Gasteiger partial charge in [0.05, 0.1) is 13.1 Å². The van der Waals surface area contributed by atoms with Crippen molar-refractivity contribution in [2.75, 3.05) is 19.6 Å². The third-order valence-corrected chi connectivity index (χ3v) is 3.42. The van der Waals surface area contributed by atoms with Crippen LogP contribution in [0, 0.1) is 0 Å². The molecule has 1 amide bonds. The van der Waals surface area contributed by atoms with Crippen molar-refractivity contribution in [2.24, 2.45) is 0 Å². The Kier molecular flexibility index (Phi) is 2.97. The van der Waals surface area contributed by atoms with Gasteiger partial charge in [-0.1, -0.05) is 11.6 Å². The molecule has 1 saturated heterocycles. The molecule has 3 rings (SSSR count). The van der Waals surface area contributed by atoms with Crippen molar-refractivity contribution in [3.63, 3.8) is 0 Å². The van der Waals surface area contributed by atoms with E-state index in [0.717, 1.165) is 34.7 Å². The number of fused-ring (bicyclic) bond motifs is 1. The van der Waals surface area contributed by atoms with E-state index in [4.69, 9.17) is 11.6 Å². The molecule has 0 atom stereocenters. The van der Waals surface area contributed by atoms with Crippen LogP contribution in [0.3, 0.4) is 0 Å². The van der Waals surface area contributed by atoms with Gasteiger partial charge in [-0.15, -0.1) is 0 Å².